The highest BCUT2D eigenvalue weighted by Crippen LogP contribution is 2.53. The lowest BCUT2D eigenvalue weighted by atomic mass is 9.91. The smallest absolute Gasteiger partial charge is 0.153 e. The lowest BCUT2D eigenvalue weighted by molar-refractivity contribution is 0.359. The second-order valence-corrected chi connectivity index (χ2v) is 7.52. The maximum Gasteiger partial charge on any atom is 0.153 e. The van der Waals surface area contributed by atoms with Crippen LogP contribution in [0, 0.1) is 0 Å². The van der Waals surface area contributed by atoms with Crippen molar-refractivity contribution in [3.05, 3.63) is 84.9 Å². The molecule has 2 aromatic heterocycles. The predicted octanol–water partition coefficient (Wildman–Crippen LogP) is 5.25. The monoisotopic (exact) mass is 383 g/mol. The maximum absolute atomic E-state index is 9.66. The standard InChI is InChI=1S/C24H21N3O2/c28-20-8-6-18(7-9-20)22-21(17-4-2-1-3-5-17)23(29-27-22)24(12-13-24)16-26-19-10-14-25-15-11-19/h1-11,14-15,28H,12-13,16H2,(H,25,26). The van der Waals surface area contributed by atoms with Crippen molar-refractivity contribution in [3.63, 3.8) is 0 Å². The summed E-state index contributed by atoms with van der Waals surface area (Å²) in [6.07, 6.45) is 5.67. The second-order valence-electron chi connectivity index (χ2n) is 7.52. The summed E-state index contributed by atoms with van der Waals surface area (Å²) in [4.78, 5) is 4.07. The SMILES string of the molecule is Oc1ccc(-c2noc(C3(CNc4ccncc4)CC3)c2-c2ccccc2)cc1. The fourth-order valence-corrected chi connectivity index (χ4v) is 3.72. The molecule has 0 unspecified atom stereocenters. The van der Waals surface area contributed by atoms with Crippen molar-refractivity contribution >= 4 is 5.69 Å². The highest BCUT2D eigenvalue weighted by atomic mass is 16.5. The number of rotatable bonds is 6. The molecule has 0 bridgehead atoms. The van der Waals surface area contributed by atoms with Crippen molar-refractivity contribution in [1.82, 2.24) is 10.1 Å². The molecule has 0 atom stereocenters. The molecular formula is C24H21N3O2. The Kier molecular flexibility index (Phi) is 4.28. The first-order valence-corrected chi connectivity index (χ1v) is 9.74. The molecule has 0 saturated heterocycles. The molecule has 2 N–H and O–H groups in total. The van der Waals surface area contributed by atoms with Gasteiger partial charge in [0.05, 0.1) is 5.56 Å². The molecule has 5 rings (SSSR count). The Labute approximate surface area is 169 Å². The zero-order valence-electron chi connectivity index (χ0n) is 15.9. The zero-order valence-corrected chi connectivity index (χ0v) is 15.9. The van der Waals surface area contributed by atoms with Crippen molar-refractivity contribution in [2.24, 2.45) is 0 Å². The van der Waals surface area contributed by atoms with Crippen molar-refractivity contribution in [2.45, 2.75) is 18.3 Å². The molecule has 2 aromatic carbocycles. The van der Waals surface area contributed by atoms with Crippen LogP contribution in [0.5, 0.6) is 5.75 Å². The highest BCUT2D eigenvalue weighted by molar-refractivity contribution is 5.83. The first-order chi connectivity index (χ1) is 14.3. The van der Waals surface area contributed by atoms with Gasteiger partial charge in [0, 0.05) is 35.6 Å². The largest absolute Gasteiger partial charge is 0.508 e. The quantitative estimate of drug-likeness (QED) is 0.476. The van der Waals surface area contributed by atoms with Crippen molar-refractivity contribution in [3.8, 4) is 28.1 Å². The molecule has 0 amide bonds. The van der Waals surface area contributed by atoms with Crippen LogP contribution in [0.4, 0.5) is 5.69 Å². The molecule has 1 saturated carbocycles. The summed E-state index contributed by atoms with van der Waals surface area (Å²) < 4.78 is 5.99. The average molecular weight is 383 g/mol. The average Bonchev–Trinajstić information content (AvgIpc) is 3.43. The number of phenolic OH excluding ortho intramolecular Hbond substituents is 1. The molecule has 5 heteroatoms. The van der Waals surface area contributed by atoms with Crippen LogP contribution in [-0.2, 0) is 5.41 Å². The van der Waals surface area contributed by atoms with Crippen LogP contribution in [0.25, 0.3) is 22.4 Å². The summed E-state index contributed by atoms with van der Waals surface area (Å²) in [6.45, 7) is 0.779. The Morgan fingerprint density at radius 3 is 2.31 bits per heavy atom. The molecule has 1 aliphatic rings. The van der Waals surface area contributed by atoms with E-state index in [1.165, 1.54) is 0 Å². The minimum Gasteiger partial charge on any atom is -0.508 e. The van der Waals surface area contributed by atoms with Gasteiger partial charge < -0.3 is 14.9 Å². The molecule has 0 spiro atoms. The Morgan fingerprint density at radius 2 is 1.62 bits per heavy atom. The van der Waals surface area contributed by atoms with E-state index in [1.807, 2.05) is 42.5 Å². The fourth-order valence-electron chi connectivity index (χ4n) is 3.72. The van der Waals surface area contributed by atoms with E-state index < -0.39 is 0 Å². The summed E-state index contributed by atoms with van der Waals surface area (Å²) >= 11 is 0. The van der Waals surface area contributed by atoms with E-state index in [0.717, 1.165) is 53.2 Å². The van der Waals surface area contributed by atoms with Gasteiger partial charge in [-0.3, -0.25) is 4.98 Å². The number of anilines is 1. The summed E-state index contributed by atoms with van der Waals surface area (Å²) in [6, 6.07) is 21.3. The van der Waals surface area contributed by atoms with Crippen molar-refractivity contribution < 1.29 is 9.63 Å². The molecule has 1 aliphatic carbocycles. The van der Waals surface area contributed by atoms with Gasteiger partial charge in [0.2, 0.25) is 0 Å². The van der Waals surface area contributed by atoms with E-state index in [-0.39, 0.29) is 11.2 Å². The fraction of sp³-hybridized carbons (Fsp3) is 0.167. The van der Waals surface area contributed by atoms with Gasteiger partial charge in [-0.05, 0) is 54.8 Å². The number of phenols is 1. The van der Waals surface area contributed by atoms with E-state index in [0.29, 0.717) is 0 Å². The van der Waals surface area contributed by atoms with Crippen LogP contribution < -0.4 is 5.32 Å². The number of hydrogen-bond donors (Lipinski definition) is 2. The van der Waals surface area contributed by atoms with E-state index in [9.17, 15) is 5.11 Å². The molecule has 144 valence electrons. The third-order valence-electron chi connectivity index (χ3n) is 5.54. The number of nitrogens with one attached hydrogen (secondary N) is 1. The van der Waals surface area contributed by atoms with Crippen LogP contribution in [0.15, 0.2) is 83.6 Å². The summed E-state index contributed by atoms with van der Waals surface area (Å²) in [5, 5.41) is 17.6. The van der Waals surface area contributed by atoms with Crippen LogP contribution in [0.2, 0.25) is 0 Å². The minimum atomic E-state index is -0.0728. The number of benzene rings is 2. The third kappa shape index (κ3) is 3.36. The predicted molar refractivity (Wildman–Crippen MR) is 113 cm³/mol. The van der Waals surface area contributed by atoms with Gasteiger partial charge in [-0.2, -0.15) is 0 Å². The Balaban J connectivity index is 1.55. The van der Waals surface area contributed by atoms with Crippen LogP contribution in [-0.4, -0.2) is 21.8 Å². The van der Waals surface area contributed by atoms with Gasteiger partial charge in [-0.1, -0.05) is 35.5 Å². The van der Waals surface area contributed by atoms with Crippen LogP contribution in [0.1, 0.15) is 18.6 Å². The number of aromatic nitrogens is 2. The van der Waals surface area contributed by atoms with E-state index in [1.54, 1.807) is 24.5 Å². The molecule has 29 heavy (non-hydrogen) atoms. The first kappa shape index (κ1) is 17.5. The summed E-state index contributed by atoms with van der Waals surface area (Å²) in [5.41, 5.74) is 4.82. The molecule has 0 aliphatic heterocycles. The maximum atomic E-state index is 9.66. The minimum absolute atomic E-state index is 0.0728. The number of hydrogen-bond acceptors (Lipinski definition) is 5. The molecular weight excluding hydrogens is 362 g/mol. The van der Waals surface area contributed by atoms with E-state index in [4.69, 9.17) is 4.52 Å². The van der Waals surface area contributed by atoms with Crippen molar-refractivity contribution in [1.29, 1.82) is 0 Å². The van der Waals surface area contributed by atoms with E-state index in [2.05, 4.69) is 27.6 Å². The summed E-state index contributed by atoms with van der Waals surface area (Å²) in [7, 11) is 0. The van der Waals surface area contributed by atoms with Gasteiger partial charge in [-0.15, -0.1) is 0 Å². The first-order valence-electron chi connectivity index (χ1n) is 9.74. The molecule has 4 aromatic rings. The third-order valence-corrected chi connectivity index (χ3v) is 5.54. The molecule has 0 radical (unpaired) electrons. The van der Waals surface area contributed by atoms with Crippen molar-refractivity contribution in [2.75, 3.05) is 11.9 Å². The van der Waals surface area contributed by atoms with Gasteiger partial charge in [0.1, 0.15) is 11.4 Å². The van der Waals surface area contributed by atoms with Crippen LogP contribution >= 0.6 is 0 Å². The highest BCUT2D eigenvalue weighted by Gasteiger charge is 2.50. The normalized spacial score (nSPS) is 14.5. The van der Waals surface area contributed by atoms with Gasteiger partial charge in [0.15, 0.2) is 5.76 Å². The number of aromatic hydroxyl groups is 1. The van der Waals surface area contributed by atoms with Gasteiger partial charge in [0.25, 0.3) is 0 Å². The zero-order chi connectivity index (χ0) is 19.7. The molecule has 5 nitrogen and oxygen atoms in total. The lowest BCUT2D eigenvalue weighted by Gasteiger charge is -2.16. The molecule has 1 fully saturated rings. The van der Waals surface area contributed by atoms with E-state index >= 15 is 0 Å². The summed E-state index contributed by atoms with van der Waals surface area (Å²) in [5.74, 6) is 1.16. The Bertz CT molecular complexity index is 1100. The Hall–Kier alpha value is -3.60. The number of pyridine rings is 1. The van der Waals surface area contributed by atoms with Gasteiger partial charge in [-0.25, -0.2) is 0 Å². The number of nitrogens with zero attached hydrogens (tertiary/aromatic N) is 2. The van der Waals surface area contributed by atoms with Gasteiger partial charge >= 0.3 is 0 Å². The molecule has 2 heterocycles. The lowest BCUT2D eigenvalue weighted by Crippen LogP contribution is -2.19. The topological polar surface area (TPSA) is 71.2 Å². The second kappa shape index (κ2) is 7.09. The Morgan fingerprint density at radius 1 is 0.897 bits per heavy atom. The van der Waals surface area contributed by atoms with Crippen LogP contribution in [0.3, 0.4) is 0 Å².